The third-order valence-electron chi connectivity index (χ3n) is 1.54. The average molecular weight is 179 g/mol. The van der Waals surface area contributed by atoms with E-state index >= 15 is 0 Å². The molecule has 0 aliphatic heterocycles. The van der Waals surface area contributed by atoms with E-state index in [1.807, 2.05) is 0 Å². The first kappa shape index (κ1) is 7.81. The van der Waals surface area contributed by atoms with Crippen LogP contribution < -0.4 is 0 Å². The monoisotopic (exact) mass is 179 g/mol. The minimum atomic E-state index is -0.212. The quantitative estimate of drug-likeness (QED) is 0.574. The Labute approximate surface area is 82.3 Å². The summed E-state index contributed by atoms with van der Waals surface area (Å²) in [4.78, 5) is 6.04. The molecule has 4 heteroatoms. The summed E-state index contributed by atoms with van der Waals surface area (Å²) in [6.07, 6.45) is 0. The predicted octanol–water partition coefficient (Wildman–Crippen LogP) is 2.53. The summed E-state index contributed by atoms with van der Waals surface area (Å²) in [5.74, 6) is 0. The molecule has 0 spiro atoms. The normalized spacial score (nSPS) is 8.71. The molecule has 1 rings (SSSR count). The molecule has 14 heavy (non-hydrogen) atoms. The predicted molar refractivity (Wildman–Crippen MR) is 48.4 cm³/mol. The van der Waals surface area contributed by atoms with E-state index in [0.29, 0.717) is 0 Å². The van der Waals surface area contributed by atoms with Gasteiger partial charge in [-0.05, 0) is 0 Å². The highest BCUT2D eigenvalue weighted by molar-refractivity contribution is 5.79. The molecule has 0 N–H and O–H groups in total. The lowest BCUT2D eigenvalue weighted by Crippen LogP contribution is -1.83. The van der Waals surface area contributed by atoms with Crippen molar-refractivity contribution < 1.29 is 1.37 Å². The number of rotatable bonds is 0. The molecule has 0 heterocycles. The van der Waals surface area contributed by atoms with E-state index in [1.165, 1.54) is 0 Å². The van der Waals surface area contributed by atoms with Crippen LogP contribution in [-0.2, 0) is 0 Å². The van der Waals surface area contributed by atoms with Gasteiger partial charge in [0.25, 0.3) is 0 Å². The first-order chi connectivity index (χ1) is 7.19. The zero-order valence-corrected chi connectivity index (χ0v) is 6.87. The Morgan fingerprint density at radius 1 is 1.29 bits per heavy atom. The summed E-state index contributed by atoms with van der Waals surface area (Å²) < 4.78 is 7.41. The van der Waals surface area contributed by atoms with Crippen molar-refractivity contribution in [2.45, 2.75) is 0 Å². The Morgan fingerprint density at radius 3 is 2.43 bits per heavy atom. The Hall–Kier alpha value is -2.82. The van der Waals surface area contributed by atoms with E-state index in [-0.39, 0.29) is 28.5 Å². The molecule has 0 saturated heterocycles. The fourth-order valence-corrected chi connectivity index (χ4v) is 0.922. The van der Waals surface area contributed by atoms with Crippen molar-refractivity contribution in [3.05, 3.63) is 46.1 Å². The van der Waals surface area contributed by atoms with Crippen LogP contribution in [0.2, 0.25) is 0 Å². The molecule has 0 aliphatic rings. The van der Waals surface area contributed by atoms with E-state index < -0.39 is 0 Å². The van der Waals surface area contributed by atoms with Crippen LogP contribution in [0.3, 0.4) is 0 Å². The van der Waals surface area contributed by atoms with Crippen LogP contribution in [0.15, 0.2) is 12.1 Å². The second-order valence-corrected chi connectivity index (χ2v) is 2.22. The number of benzene rings is 1. The van der Waals surface area contributed by atoms with Crippen LogP contribution in [-0.4, -0.2) is 0 Å². The number of hydrogen-bond acceptors (Lipinski definition) is 2. The second kappa shape index (κ2) is 3.72. The summed E-state index contributed by atoms with van der Waals surface area (Å²) >= 11 is 0. The molecule has 1 aromatic carbocycles. The van der Waals surface area contributed by atoms with Gasteiger partial charge in [0.1, 0.15) is 0 Å². The molecule has 0 aliphatic carbocycles. The third-order valence-corrected chi connectivity index (χ3v) is 1.54. The van der Waals surface area contributed by atoms with Gasteiger partial charge in [-0.2, -0.15) is 10.5 Å². The molecule has 62 valence electrons. The number of hydrogen-bond donors (Lipinski definition) is 0. The highest BCUT2D eigenvalue weighted by Crippen LogP contribution is 2.33. The van der Waals surface area contributed by atoms with Gasteiger partial charge in [0.05, 0.1) is 36.4 Å². The summed E-state index contributed by atoms with van der Waals surface area (Å²) in [5, 5.41) is 17.5. The van der Waals surface area contributed by atoms with Gasteiger partial charge in [-0.1, -0.05) is 12.1 Å². The van der Waals surface area contributed by atoms with Gasteiger partial charge < -0.3 is 0 Å². The van der Waals surface area contributed by atoms with Crippen molar-refractivity contribution in [1.82, 2.24) is 0 Å². The number of nitrogens with zero attached hydrogens (tertiary/aromatic N) is 4. The zero-order chi connectivity index (χ0) is 11.4. The smallest absolute Gasteiger partial charge is 0.213 e. The van der Waals surface area contributed by atoms with Gasteiger partial charge in [-0.15, -0.1) is 0 Å². The molecule has 1 aromatic rings. The van der Waals surface area contributed by atoms with E-state index in [0.717, 1.165) is 6.07 Å². The fourth-order valence-electron chi connectivity index (χ4n) is 0.922. The lowest BCUT2D eigenvalue weighted by Gasteiger charge is -1.98. The highest BCUT2D eigenvalue weighted by atomic mass is 14.8. The molecule has 0 atom stereocenters. The Bertz CT molecular complexity index is 590. The SMILES string of the molecule is [2H]c1cc(C#N)c(C#N)c([N+]#[C-])c1[N+]#[C-]. The molecular weight excluding hydrogens is 176 g/mol. The summed E-state index contributed by atoms with van der Waals surface area (Å²) in [6.45, 7) is 13.6. The third kappa shape index (κ3) is 1.25. The van der Waals surface area contributed by atoms with Crippen LogP contribution >= 0.6 is 0 Å². The van der Waals surface area contributed by atoms with Gasteiger partial charge in [-0.25, -0.2) is 4.85 Å². The lowest BCUT2D eigenvalue weighted by molar-refractivity contribution is 1.44. The van der Waals surface area contributed by atoms with Gasteiger partial charge in [-0.3, -0.25) is 4.85 Å². The van der Waals surface area contributed by atoms with Crippen LogP contribution in [0, 0.1) is 35.8 Å². The molecule has 0 amide bonds. The second-order valence-electron chi connectivity index (χ2n) is 2.22. The largest absolute Gasteiger partial charge is 0.250 e. The number of nitriles is 2. The van der Waals surface area contributed by atoms with Crippen molar-refractivity contribution in [2.75, 3.05) is 0 Å². The summed E-state index contributed by atoms with van der Waals surface area (Å²) in [5.41, 5.74) is -0.562. The van der Waals surface area contributed by atoms with E-state index in [4.69, 9.17) is 25.0 Å². The topological polar surface area (TPSA) is 56.3 Å². The van der Waals surface area contributed by atoms with Crippen molar-refractivity contribution in [2.24, 2.45) is 0 Å². The first-order valence-electron chi connectivity index (χ1n) is 3.92. The van der Waals surface area contributed by atoms with Crippen molar-refractivity contribution in [3.63, 3.8) is 0 Å². The van der Waals surface area contributed by atoms with Crippen molar-refractivity contribution >= 4 is 11.4 Å². The van der Waals surface area contributed by atoms with Gasteiger partial charge in [0.2, 0.25) is 5.69 Å². The molecule has 0 aromatic heterocycles. The summed E-state index contributed by atoms with van der Waals surface area (Å²) in [7, 11) is 0. The van der Waals surface area contributed by atoms with Gasteiger partial charge in [0.15, 0.2) is 5.69 Å². The van der Waals surface area contributed by atoms with E-state index in [1.54, 1.807) is 12.1 Å². The molecule has 0 saturated carbocycles. The van der Waals surface area contributed by atoms with Crippen molar-refractivity contribution in [1.29, 1.82) is 10.5 Å². The molecule has 0 unspecified atom stereocenters. The van der Waals surface area contributed by atoms with E-state index in [9.17, 15) is 0 Å². The fraction of sp³-hybridized carbons (Fsp3) is 0. The van der Waals surface area contributed by atoms with Gasteiger partial charge >= 0.3 is 0 Å². The standard InChI is InChI=1S/C10H2N4/c1-13-9-4-3-7(5-11)8(6-12)10(9)14-2/h3-4H/i4D. The molecule has 0 bridgehead atoms. The molecular formula is C10H2N4. The Balaban J connectivity index is 3.84. The molecule has 0 fully saturated rings. The van der Waals surface area contributed by atoms with Crippen LogP contribution in [0.5, 0.6) is 0 Å². The van der Waals surface area contributed by atoms with E-state index in [2.05, 4.69) is 9.69 Å². The minimum Gasteiger partial charge on any atom is -0.250 e. The Kier molecular flexibility index (Phi) is 2.08. The van der Waals surface area contributed by atoms with Crippen LogP contribution in [0.4, 0.5) is 11.4 Å². The lowest BCUT2D eigenvalue weighted by atomic mass is 10.1. The highest BCUT2D eigenvalue weighted by Gasteiger charge is 2.12. The average Bonchev–Trinajstić information content (AvgIpc) is 2.27. The molecule has 0 radical (unpaired) electrons. The zero-order valence-electron chi connectivity index (χ0n) is 7.87. The maximum atomic E-state index is 8.76. The first-order valence-corrected chi connectivity index (χ1v) is 3.42. The molecule has 4 nitrogen and oxygen atoms in total. The Morgan fingerprint density at radius 2 is 2.00 bits per heavy atom. The van der Waals surface area contributed by atoms with Crippen LogP contribution in [0.25, 0.3) is 9.69 Å². The maximum absolute atomic E-state index is 8.76. The minimum absolute atomic E-state index is 0.0408. The maximum Gasteiger partial charge on any atom is 0.213 e. The summed E-state index contributed by atoms with van der Waals surface area (Å²) in [6, 6.07) is 4.35. The van der Waals surface area contributed by atoms with Crippen LogP contribution in [0.1, 0.15) is 12.5 Å². The van der Waals surface area contributed by atoms with Crippen molar-refractivity contribution in [3.8, 4) is 12.1 Å². The van der Waals surface area contributed by atoms with Gasteiger partial charge in [0, 0.05) is 1.37 Å².